The molecule has 1 aliphatic heterocycles. The van der Waals surface area contributed by atoms with Crippen molar-refractivity contribution >= 4 is 15.9 Å². The Morgan fingerprint density at radius 2 is 2.10 bits per heavy atom. The molecule has 1 unspecified atom stereocenters. The van der Waals surface area contributed by atoms with Crippen LogP contribution in [-0.2, 0) is 14.8 Å². The second-order valence-corrected chi connectivity index (χ2v) is 6.42. The first-order valence-corrected chi connectivity index (χ1v) is 8.20. The number of benzene rings is 1. The first-order chi connectivity index (χ1) is 9.44. The summed E-state index contributed by atoms with van der Waals surface area (Å²) in [7, 11) is -3.55. The van der Waals surface area contributed by atoms with Gasteiger partial charge in [0.05, 0.1) is 12.4 Å². The van der Waals surface area contributed by atoms with Crippen LogP contribution in [0, 0.1) is 0 Å². The monoisotopic (exact) mass is 299 g/mol. The number of hydrogen-bond acceptors (Lipinski definition) is 5. The quantitative estimate of drug-likeness (QED) is 0.875. The molecule has 0 aromatic heterocycles. The molecular weight excluding hydrogens is 282 g/mol. The molecule has 1 atom stereocenters. The van der Waals surface area contributed by atoms with Crippen LogP contribution in [0.2, 0.25) is 0 Å². The maximum absolute atomic E-state index is 11.6. The molecule has 0 bridgehead atoms. The Kier molecular flexibility index (Phi) is 4.61. The van der Waals surface area contributed by atoms with E-state index in [4.69, 9.17) is 9.47 Å². The Labute approximate surface area is 118 Å². The Hall–Kier alpha value is -1.60. The smallest absolute Gasteiger partial charge is 0.264 e. The third-order valence-electron chi connectivity index (χ3n) is 2.85. The van der Waals surface area contributed by atoms with Crippen LogP contribution in [0.5, 0.6) is 5.75 Å². The van der Waals surface area contributed by atoms with Gasteiger partial charge < -0.3 is 9.47 Å². The highest BCUT2D eigenvalue weighted by Crippen LogP contribution is 2.16. The summed E-state index contributed by atoms with van der Waals surface area (Å²) in [6.45, 7) is 1.26. The van der Waals surface area contributed by atoms with Gasteiger partial charge in [-0.2, -0.15) is 0 Å². The van der Waals surface area contributed by atoms with Crippen LogP contribution in [-0.4, -0.2) is 39.9 Å². The molecule has 1 aliphatic rings. The van der Waals surface area contributed by atoms with E-state index >= 15 is 0 Å². The molecule has 110 valence electrons. The Morgan fingerprint density at radius 3 is 2.65 bits per heavy atom. The molecule has 20 heavy (non-hydrogen) atoms. The molecule has 1 fully saturated rings. The number of hydrogen-bond donors (Lipinski definition) is 1. The minimum atomic E-state index is -3.55. The van der Waals surface area contributed by atoms with Gasteiger partial charge >= 0.3 is 0 Å². The van der Waals surface area contributed by atoms with E-state index in [1.165, 1.54) is 12.1 Å². The highest BCUT2D eigenvalue weighted by atomic mass is 32.2. The molecule has 1 N–H and O–H groups in total. The summed E-state index contributed by atoms with van der Waals surface area (Å²) in [5.41, 5.74) is 0.264. The first kappa shape index (κ1) is 14.8. The zero-order valence-electron chi connectivity index (χ0n) is 11.2. The second kappa shape index (κ2) is 6.23. The average molecular weight is 299 g/mol. The fourth-order valence-corrected chi connectivity index (χ4v) is 2.35. The molecular formula is C13H17NO5S. The summed E-state index contributed by atoms with van der Waals surface area (Å²) >= 11 is 0. The summed E-state index contributed by atoms with van der Waals surface area (Å²) < 4.78 is 34.8. The van der Waals surface area contributed by atoms with Gasteiger partial charge in [0, 0.05) is 12.2 Å². The van der Waals surface area contributed by atoms with E-state index in [1.54, 1.807) is 12.1 Å². The predicted octanol–water partition coefficient (Wildman–Crippen LogP) is 0.934. The minimum Gasteiger partial charge on any atom is -0.491 e. The molecule has 0 radical (unpaired) electrons. The molecule has 0 aliphatic carbocycles. The van der Waals surface area contributed by atoms with Crippen LogP contribution in [0.1, 0.15) is 23.2 Å². The van der Waals surface area contributed by atoms with Crippen molar-refractivity contribution < 1.29 is 22.7 Å². The summed E-state index contributed by atoms with van der Waals surface area (Å²) in [5, 5.41) is 0. The zero-order chi connectivity index (χ0) is 14.6. The van der Waals surface area contributed by atoms with Crippen molar-refractivity contribution in [2.24, 2.45) is 0 Å². The maximum atomic E-state index is 11.6. The van der Waals surface area contributed by atoms with Crippen LogP contribution in [0.25, 0.3) is 0 Å². The van der Waals surface area contributed by atoms with Crippen LogP contribution in [0.4, 0.5) is 0 Å². The maximum Gasteiger partial charge on any atom is 0.264 e. The molecule has 0 spiro atoms. The number of rotatable bonds is 5. The molecule has 1 aromatic carbocycles. The molecule has 0 saturated carbocycles. The molecule has 7 heteroatoms. The molecule has 2 rings (SSSR count). The number of carbonyl (C=O) groups is 1. The Bertz CT molecular complexity index is 561. The third-order valence-corrected chi connectivity index (χ3v) is 3.41. The summed E-state index contributed by atoms with van der Waals surface area (Å²) in [4.78, 5) is 11.6. The van der Waals surface area contributed by atoms with E-state index < -0.39 is 15.9 Å². The summed E-state index contributed by atoms with van der Waals surface area (Å²) in [6, 6.07) is 6.30. The van der Waals surface area contributed by atoms with Gasteiger partial charge in [-0.25, -0.2) is 13.1 Å². The van der Waals surface area contributed by atoms with Crippen LogP contribution in [0.15, 0.2) is 24.3 Å². The molecule has 6 nitrogen and oxygen atoms in total. The van der Waals surface area contributed by atoms with Crippen LogP contribution in [0.3, 0.4) is 0 Å². The normalized spacial score (nSPS) is 18.8. The van der Waals surface area contributed by atoms with Gasteiger partial charge in [-0.1, -0.05) is 0 Å². The number of amides is 1. The van der Waals surface area contributed by atoms with Crippen molar-refractivity contribution in [2.75, 3.05) is 19.5 Å². The van der Waals surface area contributed by atoms with Crippen molar-refractivity contribution in [3.05, 3.63) is 29.8 Å². The zero-order valence-corrected chi connectivity index (χ0v) is 12.0. The van der Waals surface area contributed by atoms with E-state index in [9.17, 15) is 13.2 Å². The molecule has 1 aromatic rings. The SMILES string of the molecule is CS(=O)(=O)NC(=O)c1ccc(OCC2CCCO2)cc1. The lowest BCUT2D eigenvalue weighted by molar-refractivity contribution is 0.0679. The predicted molar refractivity (Wildman–Crippen MR) is 73.2 cm³/mol. The van der Waals surface area contributed by atoms with Crippen molar-refractivity contribution in [1.29, 1.82) is 0 Å². The third kappa shape index (κ3) is 4.50. The van der Waals surface area contributed by atoms with Crippen molar-refractivity contribution in [3.8, 4) is 5.75 Å². The Morgan fingerprint density at radius 1 is 1.40 bits per heavy atom. The standard InChI is InChI=1S/C13H17NO5S/c1-20(16,17)14-13(15)10-4-6-11(7-5-10)19-9-12-3-2-8-18-12/h4-7,12H,2-3,8-9H2,1H3,(H,14,15). The van der Waals surface area contributed by atoms with Crippen LogP contribution < -0.4 is 9.46 Å². The van der Waals surface area contributed by atoms with Gasteiger partial charge in [0.15, 0.2) is 0 Å². The number of nitrogens with one attached hydrogen (secondary N) is 1. The fourth-order valence-electron chi connectivity index (χ4n) is 1.89. The van der Waals surface area contributed by atoms with Crippen LogP contribution >= 0.6 is 0 Å². The highest BCUT2D eigenvalue weighted by molar-refractivity contribution is 7.89. The molecule has 1 amide bonds. The topological polar surface area (TPSA) is 81.7 Å². The number of ether oxygens (including phenoxy) is 2. The minimum absolute atomic E-state index is 0.128. The Balaban J connectivity index is 1.90. The number of sulfonamides is 1. The van der Waals surface area contributed by atoms with Crippen molar-refractivity contribution in [3.63, 3.8) is 0 Å². The lowest BCUT2D eigenvalue weighted by atomic mass is 10.2. The van der Waals surface area contributed by atoms with E-state index in [-0.39, 0.29) is 11.7 Å². The van der Waals surface area contributed by atoms with Gasteiger partial charge in [0.1, 0.15) is 12.4 Å². The van der Waals surface area contributed by atoms with Gasteiger partial charge in [-0.3, -0.25) is 4.79 Å². The molecule has 1 saturated heterocycles. The molecule has 1 heterocycles. The van der Waals surface area contributed by atoms with E-state index in [0.29, 0.717) is 12.4 Å². The highest BCUT2D eigenvalue weighted by Gasteiger charge is 2.16. The van der Waals surface area contributed by atoms with Gasteiger partial charge in [-0.15, -0.1) is 0 Å². The van der Waals surface area contributed by atoms with Crippen molar-refractivity contribution in [1.82, 2.24) is 4.72 Å². The average Bonchev–Trinajstić information content (AvgIpc) is 2.88. The number of carbonyl (C=O) groups excluding carboxylic acids is 1. The van der Waals surface area contributed by atoms with E-state index in [2.05, 4.69) is 0 Å². The fraction of sp³-hybridized carbons (Fsp3) is 0.462. The van der Waals surface area contributed by atoms with E-state index in [0.717, 1.165) is 25.7 Å². The first-order valence-electron chi connectivity index (χ1n) is 6.30. The van der Waals surface area contributed by atoms with E-state index in [1.807, 2.05) is 4.72 Å². The second-order valence-electron chi connectivity index (χ2n) is 4.67. The largest absolute Gasteiger partial charge is 0.491 e. The summed E-state index contributed by atoms with van der Waals surface area (Å²) in [5.74, 6) is -0.0328. The van der Waals surface area contributed by atoms with Gasteiger partial charge in [0.2, 0.25) is 10.0 Å². The van der Waals surface area contributed by atoms with Crippen molar-refractivity contribution in [2.45, 2.75) is 18.9 Å². The lowest BCUT2D eigenvalue weighted by Crippen LogP contribution is -2.29. The van der Waals surface area contributed by atoms with Gasteiger partial charge in [0.25, 0.3) is 5.91 Å². The van der Waals surface area contributed by atoms with Gasteiger partial charge in [-0.05, 0) is 37.1 Å². The summed E-state index contributed by atoms with van der Waals surface area (Å²) in [6.07, 6.45) is 3.11. The lowest BCUT2D eigenvalue weighted by Gasteiger charge is -2.11.